The fourth-order valence-electron chi connectivity index (χ4n) is 1.77. The van der Waals surface area contributed by atoms with Crippen LogP contribution in [0.1, 0.15) is 18.9 Å². The number of para-hydroxylation sites is 1. The van der Waals surface area contributed by atoms with Crippen LogP contribution in [0.4, 0.5) is 5.69 Å². The molecule has 96 valence electrons. The Balaban J connectivity index is 2.05. The molecule has 1 aromatic carbocycles. The number of anilines is 1. The number of benzene rings is 1. The van der Waals surface area contributed by atoms with Crippen molar-refractivity contribution in [2.75, 3.05) is 11.9 Å². The Bertz CT molecular complexity index is 458. The quantitative estimate of drug-likeness (QED) is 0.824. The molecule has 1 aromatic rings. The maximum atomic E-state index is 11.9. The Morgan fingerprint density at radius 1 is 1.50 bits per heavy atom. The molecule has 0 spiro atoms. The van der Waals surface area contributed by atoms with Crippen molar-refractivity contribution >= 4 is 17.6 Å². The molecule has 1 heterocycles. The molecule has 1 aliphatic rings. The molecule has 1 unspecified atom stereocenters. The van der Waals surface area contributed by atoms with E-state index in [2.05, 4.69) is 5.32 Å². The van der Waals surface area contributed by atoms with E-state index in [9.17, 15) is 9.59 Å². The summed E-state index contributed by atoms with van der Waals surface area (Å²) in [7, 11) is 0. The highest BCUT2D eigenvalue weighted by Gasteiger charge is 2.26. The smallest absolute Gasteiger partial charge is 0.308 e. The van der Waals surface area contributed by atoms with Crippen LogP contribution >= 0.6 is 0 Å². The van der Waals surface area contributed by atoms with Crippen molar-refractivity contribution in [1.29, 1.82) is 0 Å². The van der Waals surface area contributed by atoms with E-state index in [1.165, 1.54) is 0 Å². The summed E-state index contributed by atoms with van der Waals surface area (Å²) in [6, 6.07) is 7.40. The Kier molecular flexibility index (Phi) is 3.94. The number of carbonyl (C=O) groups excluding carboxylic acids is 2. The largest absolute Gasteiger partial charge is 0.466 e. The summed E-state index contributed by atoms with van der Waals surface area (Å²) < 4.78 is 10.3. The number of nitrogens with one attached hydrogen (secondary N) is 1. The van der Waals surface area contributed by atoms with Crippen LogP contribution in [0.25, 0.3) is 0 Å². The van der Waals surface area contributed by atoms with Gasteiger partial charge in [-0.2, -0.15) is 0 Å². The Morgan fingerprint density at radius 2 is 2.28 bits per heavy atom. The topological polar surface area (TPSA) is 64.6 Å². The van der Waals surface area contributed by atoms with Crippen LogP contribution in [-0.2, 0) is 25.7 Å². The van der Waals surface area contributed by atoms with Crippen LogP contribution in [0.3, 0.4) is 0 Å². The minimum absolute atomic E-state index is 0.0618. The first-order chi connectivity index (χ1) is 8.70. The second kappa shape index (κ2) is 5.64. The highest BCUT2D eigenvalue weighted by Crippen LogP contribution is 2.21. The average molecular weight is 249 g/mol. The molecule has 0 radical (unpaired) electrons. The van der Waals surface area contributed by atoms with Crippen LogP contribution in [0.2, 0.25) is 0 Å². The van der Waals surface area contributed by atoms with Crippen molar-refractivity contribution in [1.82, 2.24) is 0 Å². The van der Waals surface area contributed by atoms with Crippen molar-refractivity contribution < 1.29 is 19.1 Å². The van der Waals surface area contributed by atoms with E-state index in [0.717, 1.165) is 11.3 Å². The van der Waals surface area contributed by atoms with E-state index in [4.69, 9.17) is 9.47 Å². The van der Waals surface area contributed by atoms with Gasteiger partial charge in [0.15, 0.2) is 0 Å². The first kappa shape index (κ1) is 12.6. The van der Waals surface area contributed by atoms with Gasteiger partial charge in [0.2, 0.25) is 0 Å². The number of esters is 1. The summed E-state index contributed by atoms with van der Waals surface area (Å²) >= 11 is 0. The molecular weight excluding hydrogens is 234 g/mol. The minimum Gasteiger partial charge on any atom is -0.466 e. The number of carbonyl (C=O) groups is 2. The van der Waals surface area contributed by atoms with Gasteiger partial charge in [0.25, 0.3) is 5.91 Å². The van der Waals surface area contributed by atoms with Crippen LogP contribution in [0, 0.1) is 0 Å². The first-order valence-corrected chi connectivity index (χ1v) is 5.86. The van der Waals surface area contributed by atoms with E-state index in [0.29, 0.717) is 13.2 Å². The molecule has 5 heteroatoms. The second-order valence-corrected chi connectivity index (χ2v) is 3.96. The number of ether oxygens (including phenoxy) is 2. The van der Waals surface area contributed by atoms with Gasteiger partial charge in [0.05, 0.1) is 19.6 Å². The second-order valence-electron chi connectivity index (χ2n) is 3.96. The van der Waals surface area contributed by atoms with E-state index < -0.39 is 12.1 Å². The van der Waals surface area contributed by atoms with Gasteiger partial charge in [-0.25, -0.2) is 0 Å². The summed E-state index contributed by atoms with van der Waals surface area (Å²) in [6.45, 7) is 2.33. The summed E-state index contributed by atoms with van der Waals surface area (Å²) in [5.41, 5.74) is 1.63. The van der Waals surface area contributed by atoms with E-state index in [1.54, 1.807) is 6.92 Å². The minimum atomic E-state index is -0.795. The van der Waals surface area contributed by atoms with Crippen molar-refractivity contribution in [2.45, 2.75) is 26.1 Å². The molecule has 0 bridgehead atoms. The predicted octanol–water partition coefficient (Wildman–Crippen LogP) is 1.48. The first-order valence-electron chi connectivity index (χ1n) is 5.86. The number of amides is 1. The molecule has 1 aliphatic heterocycles. The average Bonchev–Trinajstić information content (AvgIpc) is 2.50. The summed E-state index contributed by atoms with van der Waals surface area (Å²) in [4.78, 5) is 23.2. The number of fused-ring (bicyclic) bond motifs is 1. The zero-order valence-corrected chi connectivity index (χ0v) is 10.1. The zero-order valence-electron chi connectivity index (χ0n) is 10.1. The van der Waals surface area contributed by atoms with Crippen LogP contribution in [0.5, 0.6) is 0 Å². The Labute approximate surface area is 105 Å². The van der Waals surface area contributed by atoms with Gasteiger partial charge in [0, 0.05) is 11.3 Å². The third-order valence-corrected chi connectivity index (χ3v) is 2.67. The van der Waals surface area contributed by atoms with Crippen molar-refractivity contribution in [3.8, 4) is 0 Å². The van der Waals surface area contributed by atoms with Gasteiger partial charge >= 0.3 is 5.97 Å². The number of hydrogen-bond donors (Lipinski definition) is 1. The molecule has 0 saturated heterocycles. The van der Waals surface area contributed by atoms with Gasteiger partial charge in [-0.3, -0.25) is 9.59 Å². The Hall–Kier alpha value is -1.88. The molecule has 18 heavy (non-hydrogen) atoms. The molecular formula is C13H15NO4. The predicted molar refractivity (Wildman–Crippen MR) is 64.9 cm³/mol. The molecule has 2 rings (SSSR count). The van der Waals surface area contributed by atoms with Gasteiger partial charge in [0.1, 0.15) is 6.10 Å². The van der Waals surface area contributed by atoms with E-state index in [1.807, 2.05) is 24.3 Å². The van der Waals surface area contributed by atoms with Gasteiger partial charge in [-0.15, -0.1) is 0 Å². The van der Waals surface area contributed by atoms with Crippen LogP contribution in [0.15, 0.2) is 24.3 Å². The molecule has 0 saturated carbocycles. The lowest BCUT2D eigenvalue weighted by Crippen LogP contribution is -2.31. The van der Waals surface area contributed by atoms with E-state index >= 15 is 0 Å². The summed E-state index contributed by atoms with van der Waals surface area (Å²) in [5, 5.41) is 2.75. The number of hydrogen-bond acceptors (Lipinski definition) is 4. The summed E-state index contributed by atoms with van der Waals surface area (Å²) in [6.07, 6.45) is -0.857. The maximum absolute atomic E-state index is 11.9. The lowest BCUT2D eigenvalue weighted by Gasteiger charge is -2.12. The molecule has 0 fully saturated rings. The third kappa shape index (κ3) is 2.87. The van der Waals surface area contributed by atoms with Gasteiger partial charge < -0.3 is 14.8 Å². The summed E-state index contributed by atoms with van der Waals surface area (Å²) in [5.74, 6) is -0.739. The number of rotatable bonds is 3. The van der Waals surface area contributed by atoms with Crippen molar-refractivity contribution in [3.63, 3.8) is 0 Å². The highest BCUT2D eigenvalue weighted by molar-refractivity contribution is 5.97. The fraction of sp³-hybridized carbons (Fsp3) is 0.385. The van der Waals surface area contributed by atoms with Crippen LogP contribution < -0.4 is 5.32 Å². The molecule has 0 aromatic heterocycles. The molecule has 1 N–H and O–H groups in total. The lowest BCUT2D eigenvalue weighted by atomic mass is 10.2. The third-order valence-electron chi connectivity index (χ3n) is 2.67. The maximum Gasteiger partial charge on any atom is 0.308 e. The Morgan fingerprint density at radius 3 is 3.06 bits per heavy atom. The van der Waals surface area contributed by atoms with E-state index in [-0.39, 0.29) is 12.3 Å². The highest BCUT2D eigenvalue weighted by atomic mass is 16.5. The van der Waals surface area contributed by atoms with Crippen molar-refractivity contribution in [2.24, 2.45) is 0 Å². The monoisotopic (exact) mass is 249 g/mol. The molecule has 5 nitrogen and oxygen atoms in total. The SMILES string of the molecule is CCOC(=O)CC1OCc2ccccc2NC1=O. The van der Waals surface area contributed by atoms with Gasteiger partial charge in [-0.05, 0) is 13.0 Å². The van der Waals surface area contributed by atoms with Crippen molar-refractivity contribution in [3.05, 3.63) is 29.8 Å². The molecule has 1 amide bonds. The lowest BCUT2D eigenvalue weighted by molar-refractivity contribution is -0.149. The normalized spacial score (nSPS) is 18.5. The molecule has 1 atom stereocenters. The zero-order chi connectivity index (χ0) is 13.0. The molecule has 0 aliphatic carbocycles. The fourth-order valence-corrected chi connectivity index (χ4v) is 1.77. The standard InChI is InChI=1S/C13H15NO4/c1-2-17-12(15)7-11-13(16)14-10-6-4-3-5-9(10)8-18-11/h3-6,11H,2,7-8H2,1H3,(H,14,16). The van der Waals surface area contributed by atoms with Gasteiger partial charge in [-0.1, -0.05) is 18.2 Å². The van der Waals surface area contributed by atoms with Crippen LogP contribution in [-0.4, -0.2) is 24.6 Å².